The number of hydrogen-bond donors (Lipinski definition) is 3. The first-order valence-corrected chi connectivity index (χ1v) is 9.22. The molecule has 10 heteroatoms. The van der Waals surface area contributed by atoms with E-state index in [1.165, 1.54) is 6.07 Å². The van der Waals surface area contributed by atoms with Crippen LogP contribution in [0.1, 0.15) is 34.6 Å². The Morgan fingerprint density at radius 3 is 2.86 bits per heavy atom. The average Bonchev–Trinajstić information content (AvgIpc) is 3.30. The third-order valence-electron chi connectivity index (χ3n) is 5.04. The Balaban J connectivity index is 1.34. The molecular formula is C18H18ClF3N4O2. The molecule has 1 amide bonds. The van der Waals surface area contributed by atoms with Gasteiger partial charge in [-0.2, -0.15) is 18.3 Å². The molecule has 28 heavy (non-hydrogen) atoms. The van der Waals surface area contributed by atoms with Crippen molar-refractivity contribution in [3.05, 3.63) is 46.2 Å². The molecule has 6 nitrogen and oxygen atoms in total. The molecule has 0 saturated heterocycles. The van der Waals surface area contributed by atoms with Crippen LogP contribution in [0.4, 0.5) is 13.2 Å². The van der Waals surface area contributed by atoms with Crippen molar-refractivity contribution < 1.29 is 22.7 Å². The van der Waals surface area contributed by atoms with Crippen molar-refractivity contribution in [1.29, 1.82) is 0 Å². The third kappa shape index (κ3) is 3.81. The van der Waals surface area contributed by atoms with Gasteiger partial charge in [0.1, 0.15) is 23.6 Å². The minimum atomic E-state index is -4.28. The highest BCUT2D eigenvalue weighted by Gasteiger charge is 2.62. The summed E-state index contributed by atoms with van der Waals surface area (Å²) in [6.07, 6.45) is -3.60. The van der Waals surface area contributed by atoms with Crippen LogP contribution in [0.25, 0.3) is 0 Å². The fourth-order valence-corrected chi connectivity index (χ4v) is 3.43. The van der Waals surface area contributed by atoms with E-state index in [-0.39, 0.29) is 31.1 Å². The first-order valence-electron chi connectivity index (χ1n) is 8.84. The van der Waals surface area contributed by atoms with Gasteiger partial charge in [-0.05, 0) is 49.1 Å². The second kappa shape index (κ2) is 6.97. The fraction of sp³-hybridized carbons (Fsp3) is 0.444. The van der Waals surface area contributed by atoms with Gasteiger partial charge in [0.2, 0.25) is 0 Å². The van der Waals surface area contributed by atoms with Crippen LogP contribution in [0.2, 0.25) is 5.02 Å². The van der Waals surface area contributed by atoms with Crippen LogP contribution in [-0.2, 0) is 13.0 Å². The number of ether oxygens (including phenoxy) is 1. The highest BCUT2D eigenvalue weighted by Crippen LogP contribution is 2.49. The molecule has 0 unspecified atom stereocenters. The summed E-state index contributed by atoms with van der Waals surface area (Å²) in [6, 6.07) is 6.52. The van der Waals surface area contributed by atoms with Crippen LogP contribution in [0.3, 0.4) is 0 Å². The molecular weight excluding hydrogens is 397 g/mol. The summed E-state index contributed by atoms with van der Waals surface area (Å²) in [5, 5.41) is 12.4. The van der Waals surface area contributed by atoms with Gasteiger partial charge in [-0.1, -0.05) is 11.6 Å². The van der Waals surface area contributed by atoms with Gasteiger partial charge in [0.25, 0.3) is 5.91 Å². The van der Waals surface area contributed by atoms with E-state index < -0.39 is 17.6 Å². The average molecular weight is 415 g/mol. The van der Waals surface area contributed by atoms with Crippen LogP contribution in [0, 0.1) is 0 Å². The molecule has 1 saturated carbocycles. The van der Waals surface area contributed by atoms with Crippen molar-refractivity contribution in [2.45, 2.75) is 43.6 Å². The molecule has 1 aromatic carbocycles. The number of benzene rings is 1. The number of aromatic amines is 1. The number of hydrogen-bond acceptors (Lipinski definition) is 4. The predicted molar refractivity (Wildman–Crippen MR) is 95.4 cm³/mol. The number of nitrogens with one attached hydrogen (secondary N) is 3. The van der Waals surface area contributed by atoms with Crippen molar-refractivity contribution >= 4 is 17.5 Å². The topological polar surface area (TPSA) is 79.0 Å². The third-order valence-corrected chi connectivity index (χ3v) is 5.27. The molecule has 1 aromatic heterocycles. The van der Waals surface area contributed by atoms with Crippen molar-refractivity contribution in [3.63, 3.8) is 0 Å². The lowest BCUT2D eigenvalue weighted by Crippen LogP contribution is -2.44. The number of carbonyl (C=O) groups excluding carboxylic acids is 1. The van der Waals surface area contributed by atoms with E-state index in [1.54, 1.807) is 18.2 Å². The van der Waals surface area contributed by atoms with Crippen molar-refractivity contribution in [3.8, 4) is 5.75 Å². The maximum atomic E-state index is 13.0. The van der Waals surface area contributed by atoms with Crippen LogP contribution in [0.5, 0.6) is 5.75 Å². The summed E-state index contributed by atoms with van der Waals surface area (Å²) >= 11 is 5.99. The van der Waals surface area contributed by atoms with Crippen molar-refractivity contribution in [2.24, 2.45) is 0 Å². The fourth-order valence-electron chi connectivity index (χ4n) is 3.23. The Labute approximate surface area is 163 Å². The van der Waals surface area contributed by atoms with Crippen molar-refractivity contribution in [1.82, 2.24) is 20.8 Å². The maximum absolute atomic E-state index is 13.0. The van der Waals surface area contributed by atoms with Crippen molar-refractivity contribution in [2.75, 3.05) is 6.61 Å². The lowest BCUT2D eigenvalue weighted by atomic mass is 10.0. The summed E-state index contributed by atoms with van der Waals surface area (Å²) in [4.78, 5) is 12.4. The highest BCUT2D eigenvalue weighted by molar-refractivity contribution is 6.30. The number of aromatic nitrogens is 2. The Hall–Kier alpha value is -2.26. The Morgan fingerprint density at radius 1 is 1.36 bits per heavy atom. The van der Waals surface area contributed by atoms with Gasteiger partial charge >= 0.3 is 6.18 Å². The minimum Gasteiger partial charge on any atom is -0.491 e. The lowest BCUT2D eigenvalue weighted by Gasteiger charge is -2.26. The number of H-pyrrole nitrogens is 1. The second-order valence-corrected chi connectivity index (χ2v) is 7.59. The number of alkyl halides is 3. The molecule has 2 aliphatic rings. The standard InChI is InChI=1S/C18H18ClF3N4O2/c19-11-1-2-15-10(5-11)6-13(9-28-15)24-16(27)14-7-12(25-26-14)8-23-17(3-4-17)18(20,21)22/h1-2,5,7,13,23H,3-4,6,8-9H2,(H,24,27)(H,25,26)/t13-/m1/s1. The Morgan fingerprint density at radius 2 is 2.14 bits per heavy atom. The molecule has 0 bridgehead atoms. The molecule has 1 aliphatic heterocycles. The number of fused-ring (bicyclic) bond motifs is 1. The van der Waals surface area contributed by atoms with Gasteiger partial charge in [-0.25, -0.2) is 0 Å². The molecule has 2 heterocycles. The van der Waals surface area contributed by atoms with E-state index in [0.717, 1.165) is 11.3 Å². The molecule has 150 valence electrons. The molecule has 2 aromatic rings. The summed E-state index contributed by atoms with van der Waals surface area (Å²) in [6.45, 7) is 0.269. The molecule has 0 spiro atoms. The normalized spacial score (nSPS) is 20.2. The summed E-state index contributed by atoms with van der Waals surface area (Å²) in [5.74, 6) is 0.320. The number of rotatable bonds is 5. The number of halogens is 4. The monoisotopic (exact) mass is 414 g/mol. The molecule has 4 rings (SSSR count). The Kier molecular flexibility index (Phi) is 4.75. The number of amides is 1. The first-order chi connectivity index (χ1) is 13.3. The highest BCUT2D eigenvalue weighted by atomic mass is 35.5. The summed E-state index contributed by atoms with van der Waals surface area (Å²) in [5.41, 5.74) is -0.379. The quantitative estimate of drug-likeness (QED) is 0.703. The van der Waals surface area contributed by atoms with Crippen LogP contribution in [-0.4, -0.2) is 40.5 Å². The van der Waals surface area contributed by atoms with E-state index >= 15 is 0 Å². The van der Waals surface area contributed by atoms with Crippen LogP contribution < -0.4 is 15.4 Å². The van der Waals surface area contributed by atoms with Crippen LogP contribution >= 0.6 is 11.6 Å². The zero-order valence-corrected chi connectivity index (χ0v) is 15.5. The maximum Gasteiger partial charge on any atom is 0.406 e. The predicted octanol–water partition coefficient (Wildman–Crippen LogP) is 2.98. The smallest absolute Gasteiger partial charge is 0.406 e. The van der Waals surface area contributed by atoms with Gasteiger partial charge in [0.15, 0.2) is 0 Å². The van der Waals surface area contributed by atoms with Gasteiger partial charge in [-0.3, -0.25) is 15.2 Å². The zero-order valence-electron chi connectivity index (χ0n) is 14.7. The molecule has 1 atom stereocenters. The number of nitrogens with zero attached hydrogens (tertiary/aromatic N) is 1. The van der Waals surface area contributed by atoms with E-state index in [1.807, 2.05) is 0 Å². The SMILES string of the molecule is O=C(N[C@H]1COc2ccc(Cl)cc2C1)c1cc(CNC2(C(F)(F)F)CC2)[nH]n1. The van der Waals surface area contributed by atoms with E-state index in [0.29, 0.717) is 23.7 Å². The van der Waals surface area contributed by atoms with Gasteiger partial charge in [-0.15, -0.1) is 0 Å². The minimum absolute atomic E-state index is 0.0434. The van der Waals surface area contributed by atoms with E-state index in [2.05, 4.69) is 20.8 Å². The lowest BCUT2D eigenvalue weighted by molar-refractivity contribution is -0.166. The van der Waals surface area contributed by atoms with Gasteiger partial charge in [0, 0.05) is 17.3 Å². The summed E-state index contributed by atoms with van der Waals surface area (Å²) in [7, 11) is 0. The van der Waals surface area contributed by atoms with E-state index in [4.69, 9.17) is 16.3 Å². The molecule has 0 radical (unpaired) electrons. The van der Waals surface area contributed by atoms with Gasteiger partial charge < -0.3 is 10.1 Å². The summed E-state index contributed by atoms with van der Waals surface area (Å²) < 4.78 is 44.5. The number of carbonyl (C=O) groups is 1. The van der Waals surface area contributed by atoms with Crippen LogP contribution in [0.15, 0.2) is 24.3 Å². The Bertz CT molecular complexity index is 895. The zero-order chi connectivity index (χ0) is 19.9. The second-order valence-electron chi connectivity index (χ2n) is 7.15. The van der Waals surface area contributed by atoms with Gasteiger partial charge in [0.05, 0.1) is 6.04 Å². The molecule has 3 N–H and O–H groups in total. The largest absolute Gasteiger partial charge is 0.491 e. The molecule has 1 aliphatic carbocycles. The molecule has 1 fully saturated rings. The van der Waals surface area contributed by atoms with E-state index in [9.17, 15) is 18.0 Å². The first kappa shape index (κ1) is 19.1.